The van der Waals surface area contributed by atoms with Crippen LogP contribution < -0.4 is 15.4 Å². The van der Waals surface area contributed by atoms with Crippen molar-refractivity contribution in [3.63, 3.8) is 0 Å². The molecule has 0 aromatic heterocycles. The summed E-state index contributed by atoms with van der Waals surface area (Å²) in [6.45, 7) is 18.5. The number of amides is 3. The van der Waals surface area contributed by atoms with Crippen LogP contribution in [-0.2, 0) is 19.1 Å². The molecule has 1 aromatic carbocycles. The van der Waals surface area contributed by atoms with Crippen molar-refractivity contribution in [2.45, 2.75) is 123 Å². The van der Waals surface area contributed by atoms with Gasteiger partial charge in [-0.2, -0.15) is 0 Å². The molecule has 3 N–H and O–H groups in total. The quantitative estimate of drug-likeness (QED) is 0.314. The zero-order valence-electron chi connectivity index (χ0n) is 27.6. The molecule has 3 aliphatic heterocycles. The summed E-state index contributed by atoms with van der Waals surface area (Å²) in [4.78, 5) is 44.7. The van der Waals surface area contributed by atoms with E-state index < -0.39 is 40.7 Å². The third kappa shape index (κ3) is 6.04. The molecule has 3 aliphatic rings. The molecule has 2 unspecified atom stereocenters. The lowest BCUT2D eigenvalue weighted by Gasteiger charge is -2.41. The number of hydrogen-bond donors (Lipinski definition) is 3. The maximum absolute atomic E-state index is 14.6. The number of carbonyl (C=O) groups is 3. The highest BCUT2D eigenvalue weighted by atomic mass is 16.5. The van der Waals surface area contributed by atoms with Crippen molar-refractivity contribution in [3.8, 4) is 5.75 Å². The molecule has 1 spiro atoms. The minimum absolute atomic E-state index is 0.0359. The minimum Gasteiger partial charge on any atom is -0.494 e. The first kappa shape index (κ1) is 33.2. The van der Waals surface area contributed by atoms with Crippen molar-refractivity contribution in [1.82, 2.24) is 10.2 Å². The van der Waals surface area contributed by atoms with Crippen molar-refractivity contribution < 1.29 is 29.0 Å². The van der Waals surface area contributed by atoms with E-state index in [-0.39, 0.29) is 35.7 Å². The average Bonchev–Trinajstić information content (AvgIpc) is 3.52. The fourth-order valence-corrected chi connectivity index (χ4v) is 8.32. The predicted molar refractivity (Wildman–Crippen MR) is 167 cm³/mol. The van der Waals surface area contributed by atoms with E-state index in [9.17, 15) is 19.5 Å². The van der Waals surface area contributed by atoms with Crippen LogP contribution in [0.25, 0.3) is 0 Å². The highest BCUT2D eigenvalue weighted by Gasteiger charge is 2.79. The molecule has 9 heteroatoms. The molecule has 0 radical (unpaired) electrons. The molecule has 3 fully saturated rings. The van der Waals surface area contributed by atoms with Crippen molar-refractivity contribution >= 4 is 23.4 Å². The lowest BCUT2D eigenvalue weighted by atomic mass is 9.65. The molecular weight excluding hydrogens is 546 g/mol. The number of fused-ring (bicyclic) bond motifs is 1. The number of rotatable bonds is 12. The Morgan fingerprint density at radius 2 is 1.74 bits per heavy atom. The normalized spacial score (nSPS) is 29.8. The Kier molecular flexibility index (Phi) is 9.30. The largest absolute Gasteiger partial charge is 0.494 e. The van der Waals surface area contributed by atoms with Crippen LogP contribution in [-0.4, -0.2) is 69.8 Å². The maximum Gasteiger partial charge on any atom is 0.246 e. The highest BCUT2D eigenvalue weighted by molar-refractivity contribution is 6.02. The molecule has 3 saturated heterocycles. The molecule has 3 amide bonds. The molecule has 1 aromatic rings. The summed E-state index contributed by atoms with van der Waals surface area (Å²) < 4.78 is 12.5. The lowest BCUT2D eigenvalue weighted by molar-refractivity contribution is -0.152. The molecule has 2 bridgehead atoms. The number of carbonyl (C=O) groups excluding carboxylic acids is 3. The molecule has 43 heavy (non-hydrogen) atoms. The summed E-state index contributed by atoms with van der Waals surface area (Å²) in [5.41, 5.74) is -1.99. The summed E-state index contributed by atoms with van der Waals surface area (Å²) in [5.74, 6) is -1.81. The Morgan fingerprint density at radius 3 is 2.28 bits per heavy atom. The van der Waals surface area contributed by atoms with Crippen LogP contribution in [0.5, 0.6) is 5.75 Å². The summed E-state index contributed by atoms with van der Waals surface area (Å²) in [5, 5.41) is 16.9. The van der Waals surface area contributed by atoms with Crippen LogP contribution in [0.1, 0.15) is 94.4 Å². The fraction of sp³-hybridized carbons (Fsp3) is 0.735. The van der Waals surface area contributed by atoms with Gasteiger partial charge in [0.05, 0.1) is 36.7 Å². The number of likely N-dealkylation sites (tertiary alicyclic amines) is 1. The zero-order valence-corrected chi connectivity index (χ0v) is 27.6. The molecule has 240 valence electrons. The first-order valence-electron chi connectivity index (χ1n) is 16.1. The second-order valence-electron chi connectivity index (χ2n) is 14.8. The fourth-order valence-electron chi connectivity index (χ4n) is 8.32. The van der Waals surface area contributed by atoms with E-state index in [0.29, 0.717) is 37.3 Å². The lowest BCUT2D eigenvalue weighted by Crippen LogP contribution is -2.62. The van der Waals surface area contributed by atoms with Crippen molar-refractivity contribution in [2.24, 2.45) is 23.2 Å². The Morgan fingerprint density at radius 1 is 1.09 bits per heavy atom. The van der Waals surface area contributed by atoms with E-state index in [1.807, 2.05) is 41.5 Å². The average molecular weight is 600 g/mol. The van der Waals surface area contributed by atoms with Gasteiger partial charge in [-0.15, -0.1) is 0 Å². The summed E-state index contributed by atoms with van der Waals surface area (Å²) in [6.07, 6.45) is 3.06. The van der Waals surface area contributed by atoms with Gasteiger partial charge in [0, 0.05) is 11.2 Å². The number of aliphatic hydroxyl groups excluding tert-OH is 1. The standard InChI is InChI=1S/C34H53N3O6/c1-10-21(4)24(19-38)37-27(29(40)36-32(8,9)20-31(5,6)7)34-18-17-33(11-2,43-34)25(26(34)30(37)41)28(39)35-22-13-15-23(16-14-22)42-12-3/h13-16,21,24-27,38H,10-12,17-20H2,1-9H3,(H,35,39)(H,36,40)/t21-,24-,25+,26-,27?,33-,34?/m0/s1. The van der Waals surface area contributed by atoms with Crippen molar-refractivity contribution in [2.75, 3.05) is 18.5 Å². The second-order valence-corrected chi connectivity index (χ2v) is 14.8. The maximum atomic E-state index is 14.6. The van der Waals surface area contributed by atoms with Gasteiger partial charge in [-0.1, -0.05) is 48.0 Å². The molecule has 4 rings (SSSR count). The minimum atomic E-state index is -1.16. The van der Waals surface area contributed by atoms with Gasteiger partial charge in [-0.25, -0.2) is 0 Å². The van der Waals surface area contributed by atoms with E-state index >= 15 is 0 Å². The van der Waals surface area contributed by atoms with Crippen molar-refractivity contribution in [1.29, 1.82) is 0 Å². The van der Waals surface area contributed by atoms with Crippen molar-refractivity contribution in [3.05, 3.63) is 24.3 Å². The highest BCUT2D eigenvalue weighted by Crippen LogP contribution is 2.64. The van der Waals surface area contributed by atoms with Crippen LogP contribution in [0.15, 0.2) is 24.3 Å². The number of anilines is 1. The second kappa shape index (κ2) is 12.0. The number of ether oxygens (including phenoxy) is 2. The van der Waals surface area contributed by atoms with E-state index in [1.165, 1.54) is 0 Å². The third-order valence-electron chi connectivity index (χ3n) is 9.86. The molecule has 0 aliphatic carbocycles. The summed E-state index contributed by atoms with van der Waals surface area (Å²) >= 11 is 0. The molecule has 3 heterocycles. The topological polar surface area (TPSA) is 117 Å². The summed E-state index contributed by atoms with van der Waals surface area (Å²) in [6, 6.07) is 5.64. The SMILES string of the molecule is CCOc1ccc(NC(=O)[C@H]2[C@H]3C(=O)N([C@@H](CO)[C@@H](C)CC)C(C(=O)NC(C)(C)CC(C)(C)C)C34CC[C@]2(CC)O4)cc1. The molecule has 7 atom stereocenters. The van der Waals surface area contributed by atoms with Crippen LogP contribution in [0.4, 0.5) is 5.69 Å². The monoisotopic (exact) mass is 599 g/mol. The summed E-state index contributed by atoms with van der Waals surface area (Å²) in [7, 11) is 0. The van der Waals surface area contributed by atoms with Crippen LogP contribution in [0.3, 0.4) is 0 Å². The van der Waals surface area contributed by atoms with Gasteiger partial charge >= 0.3 is 0 Å². The van der Waals surface area contributed by atoms with Crippen LogP contribution in [0.2, 0.25) is 0 Å². The van der Waals surface area contributed by atoms with E-state index in [1.54, 1.807) is 29.2 Å². The smallest absolute Gasteiger partial charge is 0.246 e. The third-order valence-corrected chi connectivity index (χ3v) is 9.86. The number of benzene rings is 1. The van der Waals surface area contributed by atoms with E-state index in [0.717, 1.165) is 12.8 Å². The predicted octanol–water partition coefficient (Wildman–Crippen LogP) is 4.92. The Balaban J connectivity index is 1.75. The van der Waals surface area contributed by atoms with E-state index in [4.69, 9.17) is 9.47 Å². The van der Waals surface area contributed by atoms with Crippen LogP contribution in [0, 0.1) is 23.2 Å². The number of nitrogens with one attached hydrogen (secondary N) is 2. The molecule has 0 saturated carbocycles. The number of aliphatic hydroxyl groups is 1. The molecular formula is C34H53N3O6. The van der Waals surface area contributed by atoms with Gasteiger partial charge in [0.2, 0.25) is 17.7 Å². The van der Waals surface area contributed by atoms with Gasteiger partial charge in [0.15, 0.2) is 0 Å². The van der Waals surface area contributed by atoms with Gasteiger partial charge in [-0.05, 0) is 82.1 Å². The Hall–Kier alpha value is -2.65. The Labute approximate surface area is 257 Å². The van der Waals surface area contributed by atoms with E-state index in [2.05, 4.69) is 31.4 Å². The van der Waals surface area contributed by atoms with Crippen LogP contribution >= 0.6 is 0 Å². The van der Waals surface area contributed by atoms with Gasteiger partial charge in [-0.3, -0.25) is 14.4 Å². The Bertz CT molecular complexity index is 1190. The first-order valence-corrected chi connectivity index (χ1v) is 16.1. The zero-order chi connectivity index (χ0) is 32.0. The number of nitrogens with zero attached hydrogens (tertiary/aromatic N) is 1. The first-order chi connectivity index (χ1) is 20.1. The van der Waals surface area contributed by atoms with Gasteiger partial charge in [0.25, 0.3) is 0 Å². The number of hydrogen-bond acceptors (Lipinski definition) is 6. The van der Waals surface area contributed by atoms with Gasteiger partial charge in [0.1, 0.15) is 17.4 Å². The molecule has 9 nitrogen and oxygen atoms in total. The van der Waals surface area contributed by atoms with Gasteiger partial charge < -0.3 is 30.1 Å².